The molecule has 3 rings (SSSR count). The highest BCUT2D eigenvalue weighted by Gasteiger charge is 2.30. The highest BCUT2D eigenvalue weighted by Crippen LogP contribution is 2.37. The number of para-hydroxylation sites is 1. The predicted octanol–water partition coefficient (Wildman–Crippen LogP) is 4.27. The summed E-state index contributed by atoms with van der Waals surface area (Å²) in [5.41, 5.74) is 4.37. The highest BCUT2D eigenvalue weighted by molar-refractivity contribution is 8.03. The molecule has 1 heterocycles. The van der Waals surface area contributed by atoms with Crippen molar-refractivity contribution in [2.45, 2.75) is 32.6 Å². The van der Waals surface area contributed by atoms with E-state index >= 15 is 0 Å². The number of thioether (sulfide) groups is 1. The molecule has 0 aliphatic carbocycles. The van der Waals surface area contributed by atoms with Crippen LogP contribution < -0.4 is 10.6 Å². The van der Waals surface area contributed by atoms with Crippen LogP contribution in [0.1, 0.15) is 36.0 Å². The molecule has 0 radical (unpaired) electrons. The minimum Gasteiger partial charge on any atom is -0.325 e. The maximum absolute atomic E-state index is 12.5. The van der Waals surface area contributed by atoms with E-state index in [1.165, 1.54) is 11.8 Å². The molecule has 0 bridgehead atoms. The summed E-state index contributed by atoms with van der Waals surface area (Å²) in [5.74, 6) is -0.495. The predicted molar refractivity (Wildman–Crippen MR) is 116 cm³/mol. The summed E-state index contributed by atoms with van der Waals surface area (Å²) in [6.45, 7) is 4.01. The molecule has 0 fully saturated rings. The molecule has 2 N–H and O–H groups in total. The molecule has 1 atom stereocenters. The Morgan fingerprint density at radius 1 is 1.24 bits per heavy atom. The monoisotopic (exact) mass is 405 g/mol. The molecule has 2 aromatic carbocycles. The molecular weight excluding hydrogens is 382 g/mol. The van der Waals surface area contributed by atoms with E-state index in [9.17, 15) is 14.9 Å². The molecule has 0 spiro atoms. The zero-order valence-electron chi connectivity index (χ0n) is 16.5. The van der Waals surface area contributed by atoms with Crippen molar-refractivity contribution in [3.05, 3.63) is 75.8 Å². The maximum Gasteiger partial charge on any atom is 0.234 e. The molecule has 1 aliphatic rings. The van der Waals surface area contributed by atoms with Crippen LogP contribution in [0.15, 0.2) is 59.1 Å². The molecule has 6 heteroatoms. The van der Waals surface area contributed by atoms with Crippen LogP contribution in [0.5, 0.6) is 0 Å². The first kappa shape index (κ1) is 20.7. The van der Waals surface area contributed by atoms with E-state index in [0.717, 1.165) is 28.8 Å². The Morgan fingerprint density at radius 3 is 2.69 bits per heavy atom. The summed E-state index contributed by atoms with van der Waals surface area (Å²) in [4.78, 5) is 24.7. The van der Waals surface area contributed by atoms with E-state index in [-0.39, 0.29) is 29.9 Å². The van der Waals surface area contributed by atoms with Gasteiger partial charge in [0.15, 0.2) is 0 Å². The average Bonchev–Trinajstić information content (AvgIpc) is 2.72. The maximum atomic E-state index is 12.5. The molecule has 0 unspecified atom stereocenters. The second kappa shape index (κ2) is 9.44. The topological polar surface area (TPSA) is 82.0 Å². The third-order valence-electron chi connectivity index (χ3n) is 4.94. The van der Waals surface area contributed by atoms with Gasteiger partial charge in [-0.1, -0.05) is 61.2 Å². The third kappa shape index (κ3) is 4.87. The van der Waals surface area contributed by atoms with Crippen LogP contribution in [0.2, 0.25) is 0 Å². The number of benzene rings is 2. The minimum atomic E-state index is -0.290. The number of carbonyl (C=O) groups excluding carboxylic acids is 2. The number of anilines is 1. The number of hydrogen-bond acceptors (Lipinski definition) is 4. The lowest BCUT2D eigenvalue weighted by molar-refractivity contribution is -0.121. The van der Waals surface area contributed by atoms with E-state index < -0.39 is 0 Å². The number of rotatable bonds is 6. The van der Waals surface area contributed by atoms with Gasteiger partial charge in [0.1, 0.15) is 0 Å². The van der Waals surface area contributed by atoms with E-state index in [1.807, 2.05) is 62.4 Å². The summed E-state index contributed by atoms with van der Waals surface area (Å²) >= 11 is 1.19. The highest BCUT2D eigenvalue weighted by atomic mass is 32.2. The standard InChI is InChI=1S/C23H23N3O2S/c1-3-16-9-5-7-11-20(16)25-22(28)14-29-23-19(13-24)18(12-21(27)26-23)17-10-6-4-8-15(17)2/h4-11,18H,3,12,14H2,1-2H3,(H,25,28)(H,26,27)/t18-/m0/s1. The smallest absolute Gasteiger partial charge is 0.234 e. The number of aryl methyl sites for hydroxylation is 2. The lowest BCUT2D eigenvalue weighted by Crippen LogP contribution is -2.31. The second-order valence-corrected chi connectivity index (χ2v) is 7.85. The van der Waals surface area contributed by atoms with E-state index in [2.05, 4.69) is 16.7 Å². The number of allylic oxidation sites excluding steroid dienone is 1. The van der Waals surface area contributed by atoms with Crippen molar-refractivity contribution in [1.82, 2.24) is 5.32 Å². The van der Waals surface area contributed by atoms with Crippen molar-refractivity contribution in [2.24, 2.45) is 0 Å². The quantitative estimate of drug-likeness (QED) is 0.752. The van der Waals surface area contributed by atoms with Gasteiger partial charge in [-0.2, -0.15) is 5.26 Å². The van der Waals surface area contributed by atoms with E-state index in [4.69, 9.17) is 0 Å². The summed E-state index contributed by atoms with van der Waals surface area (Å²) in [7, 11) is 0. The third-order valence-corrected chi connectivity index (χ3v) is 5.96. The SMILES string of the molecule is CCc1ccccc1NC(=O)CSC1=C(C#N)[C@H](c2ccccc2C)CC(=O)N1. The Bertz CT molecular complexity index is 1010. The number of nitriles is 1. The first-order valence-electron chi connectivity index (χ1n) is 9.53. The number of nitrogens with zero attached hydrogens (tertiary/aromatic N) is 1. The summed E-state index contributed by atoms with van der Waals surface area (Å²) in [5, 5.41) is 15.9. The first-order valence-corrected chi connectivity index (χ1v) is 10.5. The Labute approximate surface area is 175 Å². The van der Waals surface area contributed by atoms with Gasteiger partial charge in [-0.25, -0.2) is 0 Å². The molecule has 148 valence electrons. The van der Waals surface area contributed by atoms with Gasteiger partial charge in [-0.3, -0.25) is 9.59 Å². The largest absolute Gasteiger partial charge is 0.325 e. The molecular formula is C23H23N3O2S. The van der Waals surface area contributed by atoms with Crippen molar-refractivity contribution in [3.63, 3.8) is 0 Å². The van der Waals surface area contributed by atoms with Gasteiger partial charge >= 0.3 is 0 Å². The van der Waals surface area contributed by atoms with Crippen LogP contribution in [0, 0.1) is 18.3 Å². The Hall–Kier alpha value is -3.04. The van der Waals surface area contributed by atoms with Gasteiger partial charge in [0.2, 0.25) is 11.8 Å². The zero-order chi connectivity index (χ0) is 20.8. The van der Waals surface area contributed by atoms with Crippen LogP contribution >= 0.6 is 11.8 Å². The van der Waals surface area contributed by atoms with Gasteiger partial charge in [0.25, 0.3) is 0 Å². The molecule has 29 heavy (non-hydrogen) atoms. The lowest BCUT2D eigenvalue weighted by Gasteiger charge is -2.26. The van der Waals surface area contributed by atoms with Crippen LogP contribution in [-0.4, -0.2) is 17.6 Å². The molecule has 5 nitrogen and oxygen atoms in total. The van der Waals surface area contributed by atoms with Gasteiger partial charge < -0.3 is 10.6 Å². The molecule has 0 saturated heterocycles. The summed E-state index contributed by atoms with van der Waals surface area (Å²) < 4.78 is 0. The fourth-order valence-electron chi connectivity index (χ4n) is 3.45. The minimum absolute atomic E-state index is 0.110. The van der Waals surface area contributed by atoms with Crippen molar-refractivity contribution >= 4 is 29.3 Å². The average molecular weight is 406 g/mol. The molecule has 1 aliphatic heterocycles. The fourth-order valence-corrected chi connectivity index (χ4v) is 4.33. The number of carbonyl (C=O) groups is 2. The van der Waals surface area contributed by atoms with Crippen LogP contribution in [-0.2, 0) is 16.0 Å². The van der Waals surface area contributed by atoms with Gasteiger partial charge in [0.05, 0.1) is 22.4 Å². The van der Waals surface area contributed by atoms with Crippen molar-refractivity contribution in [1.29, 1.82) is 5.26 Å². The normalized spacial score (nSPS) is 16.2. The Balaban J connectivity index is 1.77. The lowest BCUT2D eigenvalue weighted by atomic mass is 9.85. The second-order valence-electron chi connectivity index (χ2n) is 6.86. The Kier molecular flexibility index (Phi) is 6.73. The van der Waals surface area contributed by atoms with Crippen molar-refractivity contribution in [3.8, 4) is 6.07 Å². The fraction of sp³-hybridized carbons (Fsp3) is 0.261. The Morgan fingerprint density at radius 2 is 1.97 bits per heavy atom. The summed E-state index contributed by atoms with van der Waals surface area (Å²) in [6, 6.07) is 17.7. The molecule has 0 saturated carbocycles. The zero-order valence-corrected chi connectivity index (χ0v) is 17.3. The van der Waals surface area contributed by atoms with Crippen molar-refractivity contribution < 1.29 is 9.59 Å². The molecule has 2 amide bonds. The van der Waals surface area contributed by atoms with Gasteiger partial charge in [0, 0.05) is 18.0 Å². The molecule has 2 aromatic rings. The first-order chi connectivity index (χ1) is 14.0. The van der Waals surface area contributed by atoms with Crippen LogP contribution in [0.25, 0.3) is 0 Å². The number of hydrogen-bond donors (Lipinski definition) is 2. The van der Waals surface area contributed by atoms with E-state index in [1.54, 1.807) is 0 Å². The van der Waals surface area contributed by atoms with E-state index in [0.29, 0.717) is 10.6 Å². The van der Waals surface area contributed by atoms with Gasteiger partial charge in [-0.15, -0.1) is 0 Å². The summed E-state index contributed by atoms with van der Waals surface area (Å²) in [6.07, 6.45) is 1.05. The van der Waals surface area contributed by atoms with Crippen LogP contribution in [0.4, 0.5) is 5.69 Å². The van der Waals surface area contributed by atoms with Crippen molar-refractivity contribution in [2.75, 3.05) is 11.1 Å². The number of nitrogens with one attached hydrogen (secondary N) is 2. The van der Waals surface area contributed by atoms with Crippen LogP contribution in [0.3, 0.4) is 0 Å². The van der Waals surface area contributed by atoms with Gasteiger partial charge in [-0.05, 0) is 36.1 Å². The number of amides is 2. The molecule has 0 aromatic heterocycles.